The summed E-state index contributed by atoms with van der Waals surface area (Å²) in [6.07, 6.45) is 4.89. The third kappa shape index (κ3) is 3.41. The number of aromatic nitrogens is 1. The van der Waals surface area contributed by atoms with Gasteiger partial charge >= 0.3 is 0 Å². The Kier molecular flexibility index (Phi) is 5.02. The zero-order chi connectivity index (χ0) is 21.3. The molecule has 0 bridgehead atoms. The molecular weight excluding hydrogens is 384 g/mol. The van der Waals surface area contributed by atoms with E-state index in [0.29, 0.717) is 13.0 Å². The monoisotopic (exact) mass is 402 g/mol. The largest absolute Gasteiger partial charge is 0.507 e. The molecule has 0 radical (unpaired) electrons. The molecule has 0 saturated heterocycles. The van der Waals surface area contributed by atoms with Crippen LogP contribution in [0, 0.1) is 0 Å². The molecule has 0 fully saturated rings. The van der Waals surface area contributed by atoms with Crippen LogP contribution < -0.4 is 5.32 Å². The number of benzene rings is 2. The van der Waals surface area contributed by atoms with Crippen LogP contribution in [0.4, 0.5) is 0 Å². The van der Waals surface area contributed by atoms with Crippen LogP contribution in [-0.2, 0) is 6.42 Å². The SMILES string of the molecule is O=C(NCCCc1ccncc1)c1cc(O)c2c(c1)C(=O)c1cccc(O)c1C2=O. The number of amides is 1. The fraction of sp³-hybridized carbons (Fsp3) is 0.130. The van der Waals surface area contributed by atoms with E-state index in [0.717, 1.165) is 18.1 Å². The third-order valence-electron chi connectivity index (χ3n) is 5.04. The van der Waals surface area contributed by atoms with Gasteiger partial charge in [0.2, 0.25) is 5.78 Å². The van der Waals surface area contributed by atoms with Gasteiger partial charge in [0.15, 0.2) is 5.78 Å². The second-order valence-corrected chi connectivity index (χ2v) is 6.99. The van der Waals surface area contributed by atoms with E-state index in [1.807, 2.05) is 12.1 Å². The zero-order valence-electron chi connectivity index (χ0n) is 15.9. The van der Waals surface area contributed by atoms with E-state index in [1.165, 1.54) is 24.3 Å². The van der Waals surface area contributed by atoms with E-state index in [1.54, 1.807) is 12.4 Å². The molecule has 30 heavy (non-hydrogen) atoms. The number of phenolic OH excluding ortho intramolecular Hbond substituents is 2. The molecule has 0 saturated carbocycles. The van der Waals surface area contributed by atoms with Crippen LogP contribution in [0.2, 0.25) is 0 Å². The Hall–Kier alpha value is -4.00. The molecule has 0 atom stereocenters. The van der Waals surface area contributed by atoms with Crippen LogP contribution in [0.1, 0.15) is 54.2 Å². The molecule has 7 nitrogen and oxygen atoms in total. The van der Waals surface area contributed by atoms with Gasteiger partial charge in [0.1, 0.15) is 11.5 Å². The van der Waals surface area contributed by atoms with Gasteiger partial charge in [-0.2, -0.15) is 0 Å². The molecule has 3 aromatic rings. The Balaban J connectivity index is 1.53. The first kappa shape index (κ1) is 19.3. The highest BCUT2D eigenvalue weighted by Gasteiger charge is 2.34. The van der Waals surface area contributed by atoms with Crippen molar-refractivity contribution in [2.75, 3.05) is 6.54 Å². The molecule has 1 aromatic heterocycles. The third-order valence-corrected chi connectivity index (χ3v) is 5.04. The maximum absolute atomic E-state index is 12.8. The van der Waals surface area contributed by atoms with Crippen LogP contribution in [0.25, 0.3) is 0 Å². The second-order valence-electron chi connectivity index (χ2n) is 6.99. The molecule has 1 aliphatic carbocycles. The standard InChI is InChI=1S/C23H18N2O5/c26-17-5-1-4-15-19(17)22(29)20-16(21(15)28)11-14(12-18(20)27)23(30)25-8-2-3-13-6-9-24-10-7-13/h1,4-7,9-12,26-27H,2-3,8H2,(H,25,30). The van der Waals surface area contributed by atoms with Crippen molar-refractivity contribution in [1.29, 1.82) is 0 Å². The lowest BCUT2D eigenvalue weighted by Gasteiger charge is -2.20. The van der Waals surface area contributed by atoms with Gasteiger partial charge in [-0.25, -0.2) is 0 Å². The number of ketones is 2. The number of fused-ring (bicyclic) bond motifs is 2. The normalized spacial score (nSPS) is 12.3. The molecule has 0 unspecified atom stereocenters. The van der Waals surface area contributed by atoms with Crippen LogP contribution in [0.3, 0.4) is 0 Å². The summed E-state index contributed by atoms with van der Waals surface area (Å²) < 4.78 is 0. The number of pyridine rings is 1. The number of carbonyl (C=O) groups excluding carboxylic acids is 3. The number of nitrogens with one attached hydrogen (secondary N) is 1. The summed E-state index contributed by atoms with van der Waals surface area (Å²) in [6.45, 7) is 0.405. The maximum Gasteiger partial charge on any atom is 0.251 e. The average Bonchev–Trinajstić information content (AvgIpc) is 2.75. The Morgan fingerprint density at radius 2 is 1.63 bits per heavy atom. The van der Waals surface area contributed by atoms with Crippen LogP contribution in [-0.4, -0.2) is 39.2 Å². The van der Waals surface area contributed by atoms with Crippen LogP contribution >= 0.6 is 0 Å². The lowest BCUT2D eigenvalue weighted by atomic mass is 9.82. The average molecular weight is 402 g/mol. The van der Waals surface area contributed by atoms with Gasteiger partial charge in [0, 0.05) is 35.6 Å². The van der Waals surface area contributed by atoms with E-state index in [9.17, 15) is 24.6 Å². The number of rotatable bonds is 5. The molecule has 7 heteroatoms. The number of aromatic hydroxyl groups is 2. The molecule has 4 rings (SSSR count). The molecule has 1 heterocycles. The second kappa shape index (κ2) is 7.79. The topological polar surface area (TPSA) is 117 Å². The Morgan fingerprint density at radius 3 is 2.40 bits per heavy atom. The highest BCUT2D eigenvalue weighted by molar-refractivity contribution is 6.30. The fourth-order valence-electron chi connectivity index (χ4n) is 3.56. The first-order valence-corrected chi connectivity index (χ1v) is 9.43. The van der Waals surface area contributed by atoms with E-state index >= 15 is 0 Å². The molecule has 1 aliphatic rings. The summed E-state index contributed by atoms with van der Waals surface area (Å²) >= 11 is 0. The van der Waals surface area contributed by atoms with Gasteiger partial charge in [0.25, 0.3) is 5.91 Å². The highest BCUT2D eigenvalue weighted by Crippen LogP contribution is 2.37. The van der Waals surface area contributed by atoms with Gasteiger partial charge in [0.05, 0.1) is 11.1 Å². The molecule has 0 aliphatic heterocycles. The first-order valence-electron chi connectivity index (χ1n) is 9.43. The number of carbonyl (C=O) groups is 3. The van der Waals surface area contributed by atoms with E-state index < -0.39 is 23.2 Å². The van der Waals surface area contributed by atoms with Crippen LogP contribution in [0.15, 0.2) is 54.9 Å². The van der Waals surface area contributed by atoms with Crippen LogP contribution in [0.5, 0.6) is 11.5 Å². The van der Waals surface area contributed by atoms with Crippen molar-refractivity contribution in [1.82, 2.24) is 10.3 Å². The predicted octanol–water partition coefficient (Wildman–Crippen LogP) is 2.63. The van der Waals surface area contributed by atoms with Crippen molar-refractivity contribution in [2.45, 2.75) is 12.8 Å². The van der Waals surface area contributed by atoms with Crippen molar-refractivity contribution in [3.05, 3.63) is 88.2 Å². The predicted molar refractivity (Wildman–Crippen MR) is 108 cm³/mol. The lowest BCUT2D eigenvalue weighted by Crippen LogP contribution is -2.26. The van der Waals surface area contributed by atoms with Gasteiger partial charge in [-0.1, -0.05) is 12.1 Å². The van der Waals surface area contributed by atoms with E-state index in [2.05, 4.69) is 10.3 Å². The van der Waals surface area contributed by atoms with Gasteiger partial charge in [-0.3, -0.25) is 19.4 Å². The fourth-order valence-corrected chi connectivity index (χ4v) is 3.56. The number of hydrogen-bond acceptors (Lipinski definition) is 6. The van der Waals surface area contributed by atoms with Crippen molar-refractivity contribution >= 4 is 17.5 Å². The Bertz CT molecular complexity index is 1170. The summed E-state index contributed by atoms with van der Waals surface area (Å²) in [6, 6.07) is 10.5. The van der Waals surface area contributed by atoms with Crippen molar-refractivity contribution in [3.63, 3.8) is 0 Å². The van der Waals surface area contributed by atoms with Gasteiger partial charge in [-0.15, -0.1) is 0 Å². The summed E-state index contributed by atoms with van der Waals surface area (Å²) in [5, 5.41) is 23.1. The summed E-state index contributed by atoms with van der Waals surface area (Å²) in [5.41, 5.74) is 0.834. The van der Waals surface area contributed by atoms with E-state index in [4.69, 9.17) is 0 Å². The zero-order valence-corrected chi connectivity index (χ0v) is 15.9. The minimum atomic E-state index is -0.653. The van der Waals surface area contributed by atoms with Gasteiger partial charge in [-0.05, 0) is 48.7 Å². The smallest absolute Gasteiger partial charge is 0.251 e. The molecule has 0 spiro atoms. The summed E-state index contributed by atoms with van der Waals surface area (Å²) in [4.78, 5) is 42.1. The molecule has 1 amide bonds. The maximum atomic E-state index is 12.8. The number of aryl methyl sites for hydroxylation is 1. The lowest BCUT2D eigenvalue weighted by molar-refractivity contribution is 0.0949. The minimum Gasteiger partial charge on any atom is -0.507 e. The van der Waals surface area contributed by atoms with Crippen molar-refractivity contribution < 1.29 is 24.6 Å². The Labute approximate surface area is 172 Å². The molecular formula is C23H18N2O5. The number of phenols is 2. The highest BCUT2D eigenvalue weighted by atomic mass is 16.3. The van der Waals surface area contributed by atoms with Gasteiger partial charge < -0.3 is 15.5 Å². The van der Waals surface area contributed by atoms with E-state index in [-0.39, 0.29) is 33.6 Å². The molecule has 3 N–H and O–H groups in total. The summed E-state index contributed by atoms with van der Waals surface area (Å²) in [5.74, 6) is -2.43. The van der Waals surface area contributed by atoms with Crippen molar-refractivity contribution in [2.24, 2.45) is 0 Å². The van der Waals surface area contributed by atoms with Crippen molar-refractivity contribution in [3.8, 4) is 11.5 Å². The molecule has 150 valence electrons. The first-order chi connectivity index (χ1) is 14.5. The summed E-state index contributed by atoms with van der Waals surface area (Å²) in [7, 11) is 0. The quantitative estimate of drug-likeness (QED) is 0.442. The Morgan fingerprint density at radius 1 is 0.900 bits per heavy atom. The minimum absolute atomic E-state index is 0.0433. The molecule has 2 aromatic carbocycles. The number of hydrogen-bond donors (Lipinski definition) is 3. The number of nitrogens with zero attached hydrogens (tertiary/aromatic N) is 1.